The Bertz CT molecular complexity index is 219. The van der Waals surface area contributed by atoms with E-state index < -0.39 is 6.04 Å². The lowest BCUT2D eigenvalue weighted by molar-refractivity contribution is -0.138. The number of hydrogen-bond acceptors (Lipinski definition) is 3. The first-order chi connectivity index (χ1) is 7.07. The highest BCUT2D eigenvalue weighted by atomic mass is 16.3. The fourth-order valence-corrected chi connectivity index (χ4v) is 1.96. The summed E-state index contributed by atoms with van der Waals surface area (Å²) in [6, 6.07) is -0.451. The topological polar surface area (TPSA) is 66.6 Å². The maximum absolute atomic E-state index is 12.0. The van der Waals surface area contributed by atoms with Gasteiger partial charge in [-0.05, 0) is 25.2 Å². The zero-order valence-electron chi connectivity index (χ0n) is 9.65. The second-order valence-corrected chi connectivity index (χ2v) is 4.63. The molecule has 1 fully saturated rings. The van der Waals surface area contributed by atoms with Crippen LogP contribution in [0.25, 0.3) is 0 Å². The minimum Gasteiger partial charge on any atom is -0.394 e. The van der Waals surface area contributed by atoms with Gasteiger partial charge in [0.25, 0.3) is 0 Å². The van der Waals surface area contributed by atoms with E-state index in [-0.39, 0.29) is 24.5 Å². The smallest absolute Gasteiger partial charge is 0.240 e. The van der Waals surface area contributed by atoms with E-state index in [1.165, 1.54) is 0 Å². The van der Waals surface area contributed by atoms with Crippen molar-refractivity contribution >= 4 is 5.91 Å². The Labute approximate surface area is 91.4 Å². The van der Waals surface area contributed by atoms with Crippen molar-refractivity contribution in [3.8, 4) is 0 Å². The highest BCUT2D eigenvalue weighted by molar-refractivity contribution is 5.82. The molecule has 3 N–H and O–H groups in total. The number of aliphatic hydroxyl groups is 1. The Morgan fingerprint density at radius 3 is 2.73 bits per heavy atom. The molecule has 4 nitrogen and oxygen atoms in total. The third-order valence-electron chi connectivity index (χ3n) is 3.12. The van der Waals surface area contributed by atoms with Gasteiger partial charge in [0.05, 0.1) is 18.7 Å². The molecule has 1 aliphatic heterocycles. The molecule has 0 saturated carbocycles. The molecule has 1 saturated heterocycles. The largest absolute Gasteiger partial charge is 0.394 e. The molecule has 88 valence electrons. The first kappa shape index (κ1) is 12.5. The van der Waals surface area contributed by atoms with Gasteiger partial charge in [-0.2, -0.15) is 0 Å². The van der Waals surface area contributed by atoms with Crippen LogP contribution in [0.1, 0.15) is 33.1 Å². The summed E-state index contributed by atoms with van der Waals surface area (Å²) in [5.74, 6) is 0.141. The third-order valence-corrected chi connectivity index (χ3v) is 3.12. The number of amides is 1. The van der Waals surface area contributed by atoms with Crippen LogP contribution in [0.5, 0.6) is 0 Å². The van der Waals surface area contributed by atoms with Crippen molar-refractivity contribution in [2.75, 3.05) is 13.2 Å². The van der Waals surface area contributed by atoms with Crippen LogP contribution in [0.4, 0.5) is 0 Å². The lowest BCUT2D eigenvalue weighted by Gasteiger charge is -2.36. The number of nitrogens with zero attached hydrogens (tertiary/aromatic N) is 1. The molecule has 0 aromatic heterocycles. The first-order valence-corrected chi connectivity index (χ1v) is 5.74. The highest BCUT2D eigenvalue weighted by Crippen LogP contribution is 2.18. The summed E-state index contributed by atoms with van der Waals surface area (Å²) in [6.07, 6.45) is 3.01. The number of likely N-dealkylation sites (tertiary alicyclic amines) is 1. The van der Waals surface area contributed by atoms with Crippen molar-refractivity contribution in [1.29, 1.82) is 0 Å². The molecule has 0 aromatic rings. The number of carbonyl (C=O) groups excluding carboxylic acids is 1. The molecule has 1 rings (SSSR count). The minimum absolute atomic E-state index is 0.0104. The van der Waals surface area contributed by atoms with Crippen LogP contribution >= 0.6 is 0 Å². The van der Waals surface area contributed by atoms with Gasteiger partial charge in [-0.1, -0.05) is 13.8 Å². The van der Waals surface area contributed by atoms with Gasteiger partial charge in [-0.25, -0.2) is 0 Å². The highest BCUT2D eigenvalue weighted by Gasteiger charge is 2.30. The summed E-state index contributed by atoms with van der Waals surface area (Å²) in [5, 5.41) is 9.20. The number of carbonyl (C=O) groups is 1. The molecule has 1 aliphatic rings. The lowest BCUT2D eigenvalue weighted by Crippen LogP contribution is -2.53. The molecule has 0 aromatic carbocycles. The van der Waals surface area contributed by atoms with Crippen LogP contribution in [0.2, 0.25) is 0 Å². The number of rotatable bonds is 3. The summed E-state index contributed by atoms with van der Waals surface area (Å²) in [5.41, 5.74) is 5.83. The van der Waals surface area contributed by atoms with Crippen molar-refractivity contribution in [2.24, 2.45) is 11.7 Å². The maximum Gasteiger partial charge on any atom is 0.240 e. The van der Waals surface area contributed by atoms with Crippen molar-refractivity contribution in [3.63, 3.8) is 0 Å². The Morgan fingerprint density at radius 1 is 1.53 bits per heavy atom. The van der Waals surface area contributed by atoms with E-state index in [2.05, 4.69) is 0 Å². The number of piperidine rings is 1. The summed E-state index contributed by atoms with van der Waals surface area (Å²) in [4.78, 5) is 13.8. The molecule has 15 heavy (non-hydrogen) atoms. The van der Waals surface area contributed by atoms with E-state index >= 15 is 0 Å². The van der Waals surface area contributed by atoms with Gasteiger partial charge in [0.15, 0.2) is 0 Å². The SMILES string of the molecule is CC(C)C(N)C(=O)N1CCCCC1CO. The molecule has 4 heteroatoms. The first-order valence-electron chi connectivity index (χ1n) is 5.74. The normalized spacial score (nSPS) is 24.3. The molecular weight excluding hydrogens is 192 g/mol. The monoisotopic (exact) mass is 214 g/mol. The summed E-state index contributed by atoms with van der Waals surface area (Å²) < 4.78 is 0. The van der Waals surface area contributed by atoms with Crippen LogP contribution < -0.4 is 5.73 Å². The van der Waals surface area contributed by atoms with Crippen molar-refractivity contribution in [1.82, 2.24) is 4.90 Å². The van der Waals surface area contributed by atoms with Gasteiger partial charge < -0.3 is 15.7 Å². The minimum atomic E-state index is -0.433. The molecule has 1 heterocycles. The van der Waals surface area contributed by atoms with Crippen LogP contribution in [-0.2, 0) is 4.79 Å². The molecular formula is C11H22N2O2. The fourth-order valence-electron chi connectivity index (χ4n) is 1.96. The predicted octanol–water partition coefficient (Wildman–Crippen LogP) is 0.343. The van der Waals surface area contributed by atoms with Gasteiger partial charge in [0.1, 0.15) is 0 Å². The predicted molar refractivity (Wildman–Crippen MR) is 59.3 cm³/mol. The molecule has 0 spiro atoms. The van der Waals surface area contributed by atoms with Crippen LogP contribution in [-0.4, -0.2) is 41.1 Å². The third kappa shape index (κ3) is 2.92. The maximum atomic E-state index is 12.0. The second kappa shape index (κ2) is 5.47. The van der Waals surface area contributed by atoms with E-state index in [9.17, 15) is 9.90 Å². The quantitative estimate of drug-likeness (QED) is 0.712. The standard InChI is InChI=1S/C11H22N2O2/c1-8(2)10(12)11(15)13-6-4-3-5-9(13)7-14/h8-10,14H,3-7,12H2,1-2H3. The van der Waals surface area contributed by atoms with E-state index in [1.54, 1.807) is 4.90 Å². The summed E-state index contributed by atoms with van der Waals surface area (Å²) >= 11 is 0. The number of nitrogens with two attached hydrogens (primary N) is 1. The average molecular weight is 214 g/mol. The molecule has 0 aliphatic carbocycles. The Hall–Kier alpha value is -0.610. The summed E-state index contributed by atoms with van der Waals surface area (Å²) in [7, 11) is 0. The van der Waals surface area contributed by atoms with Crippen molar-refractivity contribution in [2.45, 2.75) is 45.2 Å². The van der Waals surface area contributed by atoms with E-state index in [0.29, 0.717) is 0 Å². The fraction of sp³-hybridized carbons (Fsp3) is 0.909. The molecule has 1 amide bonds. The van der Waals surface area contributed by atoms with Gasteiger partial charge in [-0.15, -0.1) is 0 Å². The van der Waals surface area contributed by atoms with Gasteiger partial charge >= 0.3 is 0 Å². The van der Waals surface area contributed by atoms with E-state index in [0.717, 1.165) is 25.8 Å². The van der Waals surface area contributed by atoms with Gasteiger partial charge in [-0.3, -0.25) is 4.79 Å². The number of hydrogen-bond donors (Lipinski definition) is 2. The Balaban J connectivity index is 2.63. The van der Waals surface area contributed by atoms with Crippen LogP contribution in [0.15, 0.2) is 0 Å². The zero-order valence-corrected chi connectivity index (χ0v) is 9.65. The van der Waals surface area contributed by atoms with E-state index in [4.69, 9.17) is 5.73 Å². The molecule has 2 unspecified atom stereocenters. The van der Waals surface area contributed by atoms with Crippen LogP contribution in [0.3, 0.4) is 0 Å². The molecule has 0 radical (unpaired) electrons. The van der Waals surface area contributed by atoms with Gasteiger partial charge in [0.2, 0.25) is 5.91 Å². The van der Waals surface area contributed by atoms with Crippen LogP contribution in [0, 0.1) is 5.92 Å². The Kier molecular flexibility index (Phi) is 4.54. The van der Waals surface area contributed by atoms with Crippen molar-refractivity contribution < 1.29 is 9.90 Å². The van der Waals surface area contributed by atoms with E-state index in [1.807, 2.05) is 13.8 Å². The van der Waals surface area contributed by atoms with Crippen molar-refractivity contribution in [3.05, 3.63) is 0 Å². The number of aliphatic hydroxyl groups excluding tert-OH is 1. The lowest BCUT2D eigenvalue weighted by atomic mass is 9.98. The second-order valence-electron chi connectivity index (χ2n) is 4.63. The summed E-state index contributed by atoms with van der Waals surface area (Å²) in [6.45, 7) is 4.68. The van der Waals surface area contributed by atoms with Gasteiger partial charge in [0, 0.05) is 6.54 Å². The zero-order chi connectivity index (χ0) is 11.4. The Morgan fingerprint density at radius 2 is 2.20 bits per heavy atom. The average Bonchev–Trinajstić information content (AvgIpc) is 2.26. The molecule has 0 bridgehead atoms. The molecule has 2 atom stereocenters.